The fourth-order valence-corrected chi connectivity index (χ4v) is 9.33. The van der Waals surface area contributed by atoms with Crippen LogP contribution >= 0.6 is 0 Å². The second kappa shape index (κ2) is 18.8. The molecule has 3 amide bonds. The molecule has 15 nitrogen and oxygen atoms in total. The van der Waals surface area contributed by atoms with Crippen LogP contribution in [0.3, 0.4) is 0 Å². The van der Waals surface area contributed by atoms with E-state index in [2.05, 4.69) is 26.0 Å². The van der Waals surface area contributed by atoms with Crippen LogP contribution < -0.4 is 21.6 Å². The third kappa shape index (κ3) is 8.91. The third-order valence-electron chi connectivity index (χ3n) is 12.8. The van der Waals surface area contributed by atoms with E-state index in [1.807, 2.05) is 40.0 Å². The minimum Gasteiger partial charge on any atom is -0.383 e. The van der Waals surface area contributed by atoms with Gasteiger partial charge in [-0.05, 0) is 68.0 Å². The van der Waals surface area contributed by atoms with E-state index in [9.17, 15) is 19.2 Å². The van der Waals surface area contributed by atoms with Crippen LogP contribution in [-0.2, 0) is 32.6 Å². The van der Waals surface area contributed by atoms with Gasteiger partial charge in [-0.15, -0.1) is 0 Å². The lowest BCUT2D eigenvalue weighted by molar-refractivity contribution is -0.136. The summed E-state index contributed by atoms with van der Waals surface area (Å²) in [5.74, 6) is -1.86. The fourth-order valence-electron chi connectivity index (χ4n) is 9.33. The topological polar surface area (TPSA) is 170 Å². The SMILES string of the molecule is Cn1c(=O)n(C2CCC(=O)NC2=O)c2cccc(NCCCCCCC(=O)N3CCC(n4cc(-c5cnc6cccc(-c7cc(F)c(CC8CNCCO8)c(F)c7)c6n5)cn4)CC3)c21. The van der Waals surface area contributed by atoms with Crippen molar-refractivity contribution >= 4 is 45.5 Å². The van der Waals surface area contributed by atoms with Crippen molar-refractivity contribution < 1.29 is 27.9 Å². The number of piperidine rings is 2. The second-order valence-corrected chi connectivity index (χ2v) is 17.0. The number of halogens is 2. The summed E-state index contributed by atoms with van der Waals surface area (Å²) in [4.78, 5) is 62.2. The highest BCUT2D eigenvalue weighted by molar-refractivity contribution is 6.00. The molecule has 3 saturated heterocycles. The number of nitrogens with one attached hydrogen (secondary N) is 3. The predicted octanol–water partition coefficient (Wildman–Crippen LogP) is 5.83. The fraction of sp³-hybridized carbons (Fsp3) is 0.426. The van der Waals surface area contributed by atoms with Gasteiger partial charge >= 0.3 is 5.69 Å². The second-order valence-electron chi connectivity index (χ2n) is 17.0. The molecular weight excluding hydrogens is 823 g/mol. The van der Waals surface area contributed by atoms with Crippen molar-refractivity contribution in [3.05, 3.63) is 94.8 Å². The van der Waals surface area contributed by atoms with Crippen molar-refractivity contribution in [3.8, 4) is 22.4 Å². The number of hydrogen-bond acceptors (Lipinski definition) is 10. The van der Waals surface area contributed by atoms with Gasteiger partial charge in [0.2, 0.25) is 17.7 Å². The van der Waals surface area contributed by atoms with E-state index in [4.69, 9.17) is 9.72 Å². The Morgan fingerprint density at radius 3 is 2.53 bits per heavy atom. The van der Waals surface area contributed by atoms with Crippen LogP contribution in [0.15, 0.2) is 71.9 Å². The Morgan fingerprint density at radius 1 is 0.953 bits per heavy atom. The molecule has 0 bridgehead atoms. The van der Waals surface area contributed by atoms with Gasteiger partial charge in [0, 0.05) is 81.9 Å². The highest BCUT2D eigenvalue weighted by Gasteiger charge is 2.32. The molecule has 3 aromatic carbocycles. The molecule has 0 aliphatic carbocycles. The first-order valence-corrected chi connectivity index (χ1v) is 22.3. The number of imidazole rings is 1. The molecule has 2 unspecified atom stereocenters. The number of aryl methyl sites for hydroxylation is 1. The number of morpholine rings is 1. The zero-order valence-corrected chi connectivity index (χ0v) is 35.8. The zero-order chi connectivity index (χ0) is 44.3. The predicted molar refractivity (Wildman–Crippen MR) is 237 cm³/mol. The number of rotatable bonds is 14. The van der Waals surface area contributed by atoms with Crippen LogP contribution in [-0.4, -0.2) is 96.9 Å². The minimum absolute atomic E-state index is 0.0100. The normalized spacial score (nSPS) is 18.5. The standard InChI is InChI=1S/C47H52F2N10O5/c1-56-45-38(10-7-11-40(45)59(47(56)63)41-13-14-42(60)55-46(41)62)51-17-5-3-2-4-12-43(61)57-19-15-31(16-20-57)58-28-30(25-53-58)39-27-52-37-9-6-8-33(44(37)54-39)29-22-35(48)34(36(49)23-29)24-32-26-50-18-21-64-32/h6-11,22-23,25,27-28,31-32,41,50-51H,2-5,12-21,24,26H2,1H3,(H,55,60,62). The molecule has 2 atom stereocenters. The van der Waals surface area contributed by atoms with Crippen molar-refractivity contribution in [2.75, 3.05) is 44.6 Å². The maximum Gasteiger partial charge on any atom is 0.329 e. The molecule has 3 aromatic heterocycles. The van der Waals surface area contributed by atoms with E-state index in [1.54, 1.807) is 36.1 Å². The number of imide groups is 1. The van der Waals surface area contributed by atoms with Crippen LogP contribution in [0.4, 0.5) is 14.5 Å². The number of fused-ring (bicyclic) bond motifs is 2. The Labute approximate surface area is 368 Å². The number of carbonyl (C=O) groups excluding carboxylic acids is 3. The number of hydrogen-bond donors (Lipinski definition) is 3. The van der Waals surface area contributed by atoms with E-state index in [0.717, 1.165) is 56.3 Å². The summed E-state index contributed by atoms with van der Waals surface area (Å²) >= 11 is 0. The summed E-state index contributed by atoms with van der Waals surface area (Å²) in [6, 6.07) is 13.1. The number of likely N-dealkylation sites (tertiary alicyclic amines) is 1. The number of para-hydroxylation sites is 2. The van der Waals surface area contributed by atoms with Crippen molar-refractivity contribution in [2.45, 2.75) is 82.4 Å². The summed E-state index contributed by atoms with van der Waals surface area (Å²) < 4.78 is 41.4. The molecule has 3 fully saturated rings. The monoisotopic (exact) mass is 874 g/mol. The molecule has 3 N–H and O–H groups in total. The van der Waals surface area contributed by atoms with E-state index in [0.29, 0.717) is 78.1 Å². The quantitative estimate of drug-likeness (QED) is 0.0895. The summed E-state index contributed by atoms with van der Waals surface area (Å²) in [7, 11) is 1.69. The Kier molecular flexibility index (Phi) is 12.6. The van der Waals surface area contributed by atoms with Gasteiger partial charge in [0.1, 0.15) is 17.7 Å². The average Bonchev–Trinajstić information content (AvgIpc) is 3.90. The molecule has 17 heteroatoms. The summed E-state index contributed by atoms with van der Waals surface area (Å²) in [6.45, 7) is 3.77. The summed E-state index contributed by atoms with van der Waals surface area (Å²) in [6.07, 6.45) is 11.3. The smallest absolute Gasteiger partial charge is 0.329 e. The number of carbonyl (C=O) groups is 3. The van der Waals surface area contributed by atoms with Crippen LogP contribution in [0.25, 0.3) is 44.5 Å². The van der Waals surface area contributed by atoms with Crippen molar-refractivity contribution in [1.82, 2.24) is 44.4 Å². The van der Waals surface area contributed by atoms with Gasteiger partial charge in [0.05, 0.1) is 64.6 Å². The van der Waals surface area contributed by atoms with Crippen LogP contribution in [0.5, 0.6) is 0 Å². The molecule has 0 saturated carbocycles. The minimum atomic E-state index is -0.733. The van der Waals surface area contributed by atoms with Crippen LogP contribution in [0.2, 0.25) is 0 Å². The largest absolute Gasteiger partial charge is 0.383 e. The van der Waals surface area contributed by atoms with Crippen molar-refractivity contribution in [2.24, 2.45) is 7.05 Å². The molecule has 6 aromatic rings. The summed E-state index contributed by atoms with van der Waals surface area (Å²) in [5, 5.41) is 13.7. The van der Waals surface area contributed by atoms with Gasteiger partial charge < -0.3 is 20.3 Å². The number of ether oxygens (including phenoxy) is 1. The first-order valence-electron chi connectivity index (χ1n) is 22.3. The number of benzene rings is 3. The maximum atomic E-state index is 15.4. The van der Waals surface area contributed by atoms with E-state index < -0.39 is 23.6 Å². The summed E-state index contributed by atoms with van der Waals surface area (Å²) in [5.41, 5.74) is 5.34. The van der Waals surface area contributed by atoms with Gasteiger partial charge in [-0.3, -0.25) is 38.5 Å². The first kappa shape index (κ1) is 42.9. The number of unbranched alkanes of at least 4 members (excludes halogenated alkanes) is 3. The Balaban J connectivity index is 0.743. The lowest BCUT2D eigenvalue weighted by Gasteiger charge is -2.32. The number of amides is 3. The van der Waals surface area contributed by atoms with Gasteiger partial charge in [0.15, 0.2) is 0 Å². The zero-order valence-electron chi connectivity index (χ0n) is 35.8. The molecule has 0 spiro atoms. The molecule has 0 radical (unpaired) electrons. The van der Waals surface area contributed by atoms with Gasteiger partial charge in [-0.1, -0.05) is 31.0 Å². The Hall–Kier alpha value is -6.33. The molecule has 3 aliphatic heterocycles. The van der Waals surface area contributed by atoms with Gasteiger partial charge in [-0.2, -0.15) is 5.10 Å². The van der Waals surface area contributed by atoms with E-state index in [-0.39, 0.29) is 54.5 Å². The molecule has 6 heterocycles. The van der Waals surface area contributed by atoms with Crippen LogP contribution in [0, 0.1) is 11.6 Å². The Morgan fingerprint density at radius 2 is 1.75 bits per heavy atom. The van der Waals surface area contributed by atoms with Crippen molar-refractivity contribution in [1.29, 1.82) is 0 Å². The number of aromatic nitrogens is 6. The lowest BCUT2D eigenvalue weighted by Crippen LogP contribution is -2.44. The number of nitrogens with zero attached hydrogens (tertiary/aromatic N) is 7. The molecule has 3 aliphatic rings. The van der Waals surface area contributed by atoms with E-state index in [1.165, 1.54) is 16.7 Å². The maximum absolute atomic E-state index is 15.4. The molecule has 64 heavy (non-hydrogen) atoms. The highest BCUT2D eigenvalue weighted by atomic mass is 19.1. The van der Waals surface area contributed by atoms with E-state index >= 15 is 8.78 Å². The van der Waals surface area contributed by atoms with Crippen molar-refractivity contribution in [3.63, 3.8) is 0 Å². The Bertz CT molecular complexity index is 2750. The van der Waals surface area contributed by atoms with Gasteiger partial charge in [-0.25, -0.2) is 18.6 Å². The van der Waals surface area contributed by atoms with Crippen LogP contribution in [0.1, 0.15) is 75.4 Å². The lowest BCUT2D eigenvalue weighted by atomic mass is 9.98. The van der Waals surface area contributed by atoms with Gasteiger partial charge in [0.25, 0.3) is 0 Å². The molecule has 9 rings (SSSR count). The third-order valence-corrected chi connectivity index (χ3v) is 12.8. The first-order chi connectivity index (χ1) is 31.1. The molecular formula is C47H52F2N10O5. The highest BCUT2D eigenvalue weighted by Crippen LogP contribution is 2.33. The average molecular weight is 875 g/mol. The molecule has 334 valence electrons. The number of anilines is 1.